The van der Waals surface area contributed by atoms with Gasteiger partial charge in [-0.1, -0.05) is 34.8 Å². The van der Waals surface area contributed by atoms with Crippen LogP contribution >= 0.6 is 34.8 Å². The minimum Gasteiger partial charge on any atom is -0.484 e. The lowest BCUT2D eigenvalue weighted by Crippen LogP contribution is -2.33. The zero-order valence-corrected chi connectivity index (χ0v) is 15.3. The highest BCUT2D eigenvalue weighted by Crippen LogP contribution is 2.33. The Balaban J connectivity index is 1.60. The van der Waals surface area contributed by atoms with Crippen LogP contribution in [0.3, 0.4) is 0 Å². The number of anilines is 1. The summed E-state index contributed by atoms with van der Waals surface area (Å²) in [7, 11) is 0. The van der Waals surface area contributed by atoms with Crippen LogP contribution < -0.4 is 21.2 Å². The van der Waals surface area contributed by atoms with Crippen molar-refractivity contribution >= 4 is 57.4 Å². The normalized spacial score (nSPS) is 10.6. The Morgan fingerprint density at radius 2 is 1.73 bits per heavy atom. The number of amides is 1. The number of halogens is 3. The number of nitrogens with one attached hydrogen (secondary N) is 2. The van der Waals surface area contributed by atoms with Gasteiger partial charge in [0.2, 0.25) is 0 Å². The standard InChI is InChI=1S/C17H11Cl3N2O4/c18-10-5-12(19)17(13(20)6-10)22-21-15(23)8-25-11-3-1-9-2-4-16(24)26-14(9)7-11/h1-7,22H,8H2,(H,21,23). The Labute approximate surface area is 162 Å². The third kappa shape index (κ3) is 4.40. The van der Waals surface area contributed by atoms with E-state index in [4.69, 9.17) is 44.0 Å². The van der Waals surface area contributed by atoms with Gasteiger partial charge in [0.1, 0.15) is 11.3 Å². The molecule has 0 radical (unpaired) electrons. The first kappa shape index (κ1) is 18.4. The van der Waals surface area contributed by atoms with Crippen LogP contribution in [-0.4, -0.2) is 12.5 Å². The Morgan fingerprint density at radius 1 is 1.04 bits per heavy atom. The molecule has 3 aromatic rings. The van der Waals surface area contributed by atoms with Gasteiger partial charge in [0.25, 0.3) is 5.91 Å². The molecule has 0 fully saturated rings. The van der Waals surface area contributed by atoms with Crippen LogP contribution in [-0.2, 0) is 4.79 Å². The Morgan fingerprint density at radius 3 is 2.46 bits per heavy atom. The van der Waals surface area contributed by atoms with Gasteiger partial charge in [-0.25, -0.2) is 4.79 Å². The summed E-state index contributed by atoms with van der Waals surface area (Å²) in [5.74, 6) is -0.0914. The fourth-order valence-electron chi connectivity index (χ4n) is 2.11. The maximum absolute atomic E-state index is 11.9. The van der Waals surface area contributed by atoms with E-state index in [2.05, 4.69) is 10.9 Å². The second kappa shape index (κ2) is 7.86. The summed E-state index contributed by atoms with van der Waals surface area (Å²) in [4.78, 5) is 23.2. The van der Waals surface area contributed by atoms with Crippen molar-refractivity contribution in [2.24, 2.45) is 0 Å². The molecule has 0 spiro atoms. The van der Waals surface area contributed by atoms with Crippen LogP contribution in [0.15, 0.2) is 51.7 Å². The molecule has 1 aromatic heterocycles. The molecule has 134 valence electrons. The van der Waals surface area contributed by atoms with Gasteiger partial charge in [-0.2, -0.15) is 0 Å². The Bertz CT molecular complexity index is 1010. The molecule has 6 nitrogen and oxygen atoms in total. The topological polar surface area (TPSA) is 80.6 Å². The van der Waals surface area contributed by atoms with Crippen molar-refractivity contribution < 1.29 is 13.9 Å². The molecule has 0 aliphatic carbocycles. The largest absolute Gasteiger partial charge is 0.484 e. The second-order valence-electron chi connectivity index (χ2n) is 5.16. The quantitative estimate of drug-likeness (QED) is 0.482. The third-order valence-corrected chi connectivity index (χ3v) is 4.11. The lowest BCUT2D eigenvalue weighted by molar-refractivity contribution is -0.122. The molecule has 2 aromatic carbocycles. The van der Waals surface area contributed by atoms with Crippen molar-refractivity contribution in [1.82, 2.24) is 5.43 Å². The van der Waals surface area contributed by atoms with Crippen molar-refractivity contribution in [2.75, 3.05) is 12.0 Å². The number of fused-ring (bicyclic) bond motifs is 1. The minimum absolute atomic E-state index is 0.258. The average molecular weight is 414 g/mol. The molecule has 0 unspecified atom stereocenters. The molecule has 1 amide bonds. The zero-order valence-electron chi connectivity index (χ0n) is 13.0. The number of benzene rings is 2. The number of ether oxygens (including phenoxy) is 1. The Kier molecular flexibility index (Phi) is 5.56. The number of hydrogen-bond donors (Lipinski definition) is 2. The molecule has 0 bridgehead atoms. The summed E-state index contributed by atoms with van der Waals surface area (Å²) in [6, 6.07) is 10.9. The molecule has 0 aliphatic heterocycles. The number of hydrogen-bond acceptors (Lipinski definition) is 5. The lowest BCUT2D eigenvalue weighted by Gasteiger charge is -2.12. The predicted molar refractivity (Wildman–Crippen MR) is 101 cm³/mol. The molecule has 9 heteroatoms. The maximum Gasteiger partial charge on any atom is 0.336 e. The lowest BCUT2D eigenvalue weighted by atomic mass is 10.2. The highest BCUT2D eigenvalue weighted by atomic mass is 35.5. The van der Waals surface area contributed by atoms with Gasteiger partial charge in [0, 0.05) is 22.5 Å². The first-order valence-electron chi connectivity index (χ1n) is 7.28. The highest BCUT2D eigenvalue weighted by molar-refractivity contribution is 6.41. The molecule has 0 saturated heterocycles. The summed E-state index contributed by atoms with van der Waals surface area (Å²) in [5.41, 5.74) is 5.26. The molecule has 2 N–H and O–H groups in total. The minimum atomic E-state index is -0.471. The van der Waals surface area contributed by atoms with E-state index in [0.29, 0.717) is 22.0 Å². The molecule has 3 rings (SSSR count). The first-order valence-corrected chi connectivity index (χ1v) is 8.42. The molecule has 0 aliphatic rings. The van der Waals surface area contributed by atoms with Crippen LogP contribution in [0, 0.1) is 0 Å². The zero-order chi connectivity index (χ0) is 18.7. The van der Waals surface area contributed by atoms with Crippen molar-refractivity contribution in [3.8, 4) is 5.75 Å². The van der Waals surface area contributed by atoms with Gasteiger partial charge in [0.05, 0.1) is 15.7 Å². The fraction of sp³-hybridized carbons (Fsp3) is 0.0588. The number of carbonyl (C=O) groups is 1. The summed E-state index contributed by atoms with van der Waals surface area (Å²) in [5, 5.41) is 1.64. The smallest absolute Gasteiger partial charge is 0.336 e. The van der Waals surface area contributed by atoms with E-state index in [9.17, 15) is 9.59 Å². The van der Waals surface area contributed by atoms with Crippen LogP contribution in [0.1, 0.15) is 0 Å². The van der Waals surface area contributed by atoms with Crippen molar-refractivity contribution in [3.05, 3.63) is 68.0 Å². The van der Waals surface area contributed by atoms with E-state index in [1.807, 2.05) is 0 Å². The predicted octanol–water partition coefficient (Wildman–Crippen LogP) is 4.28. The second-order valence-corrected chi connectivity index (χ2v) is 6.41. The monoisotopic (exact) mass is 412 g/mol. The van der Waals surface area contributed by atoms with Gasteiger partial charge in [-0.3, -0.25) is 15.6 Å². The van der Waals surface area contributed by atoms with Crippen LogP contribution in [0.2, 0.25) is 15.1 Å². The number of carbonyl (C=O) groups excluding carboxylic acids is 1. The molecule has 0 saturated carbocycles. The highest BCUT2D eigenvalue weighted by Gasteiger charge is 2.10. The summed E-state index contributed by atoms with van der Waals surface area (Å²) in [6.07, 6.45) is 0. The first-order chi connectivity index (χ1) is 12.4. The van der Waals surface area contributed by atoms with Crippen LogP contribution in [0.5, 0.6) is 5.75 Å². The summed E-state index contributed by atoms with van der Waals surface area (Å²) >= 11 is 17.8. The average Bonchev–Trinajstić information content (AvgIpc) is 2.58. The van der Waals surface area contributed by atoms with Gasteiger partial charge < -0.3 is 9.15 Å². The van der Waals surface area contributed by atoms with Crippen molar-refractivity contribution in [3.63, 3.8) is 0 Å². The van der Waals surface area contributed by atoms with E-state index in [1.54, 1.807) is 18.2 Å². The van der Waals surface area contributed by atoms with Crippen molar-refractivity contribution in [2.45, 2.75) is 0 Å². The van der Waals surface area contributed by atoms with E-state index < -0.39 is 11.5 Å². The molecular weight excluding hydrogens is 403 g/mol. The fourth-order valence-corrected chi connectivity index (χ4v) is 3.02. The molecule has 26 heavy (non-hydrogen) atoms. The molecular formula is C17H11Cl3N2O4. The van der Waals surface area contributed by atoms with E-state index >= 15 is 0 Å². The molecule has 1 heterocycles. The van der Waals surface area contributed by atoms with Crippen LogP contribution in [0.4, 0.5) is 5.69 Å². The van der Waals surface area contributed by atoms with E-state index in [-0.39, 0.29) is 16.7 Å². The number of hydrazine groups is 1. The Hall–Kier alpha value is -2.41. The van der Waals surface area contributed by atoms with E-state index in [1.165, 1.54) is 24.3 Å². The van der Waals surface area contributed by atoms with E-state index in [0.717, 1.165) is 5.39 Å². The number of rotatable bonds is 5. The summed E-state index contributed by atoms with van der Waals surface area (Å²) in [6.45, 7) is -0.279. The van der Waals surface area contributed by atoms with Gasteiger partial charge >= 0.3 is 5.63 Å². The van der Waals surface area contributed by atoms with Gasteiger partial charge in [0.15, 0.2) is 6.61 Å². The van der Waals surface area contributed by atoms with Gasteiger partial charge in [-0.05, 0) is 30.3 Å². The summed E-state index contributed by atoms with van der Waals surface area (Å²) < 4.78 is 10.4. The maximum atomic E-state index is 11.9. The molecule has 0 atom stereocenters. The van der Waals surface area contributed by atoms with Crippen molar-refractivity contribution in [1.29, 1.82) is 0 Å². The van der Waals surface area contributed by atoms with Crippen LogP contribution in [0.25, 0.3) is 11.0 Å². The third-order valence-electron chi connectivity index (χ3n) is 3.30. The SMILES string of the molecule is O=C(COc1ccc2ccc(=O)oc2c1)NNc1c(Cl)cc(Cl)cc1Cl. The van der Waals surface area contributed by atoms with Gasteiger partial charge in [-0.15, -0.1) is 0 Å².